The number of hydrogen-bond acceptors (Lipinski definition) is 5. The normalized spacial score (nSPS) is 11.8. The van der Waals surface area contributed by atoms with Crippen molar-refractivity contribution >= 4 is 33.9 Å². The maximum absolute atomic E-state index is 10.1. The molecule has 0 fully saturated rings. The van der Waals surface area contributed by atoms with Crippen LogP contribution in [0.4, 0.5) is 0 Å². The van der Waals surface area contributed by atoms with Crippen LogP contribution in [0.15, 0.2) is 0 Å². The molecule has 0 spiro atoms. The van der Waals surface area contributed by atoms with E-state index in [9.17, 15) is 8.42 Å². The zero-order valence-electron chi connectivity index (χ0n) is 7.43. The van der Waals surface area contributed by atoms with Crippen molar-refractivity contribution in [3.63, 3.8) is 0 Å². The van der Waals surface area contributed by atoms with E-state index in [1.807, 2.05) is 0 Å². The molecule has 0 bridgehead atoms. The lowest BCUT2D eigenvalue weighted by atomic mass is 10.6. The molecule has 0 aliphatic rings. The summed E-state index contributed by atoms with van der Waals surface area (Å²) in [5.41, 5.74) is 0. The molecule has 0 aromatic heterocycles. The highest BCUT2D eigenvalue weighted by molar-refractivity contribution is 8.15. The Labute approximate surface area is 87.8 Å². The summed E-state index contributed by atoms with van der Waals surface area (Å²) in [6.07, 6.45) is 1.15. The summed E-state index contributed by atoms with van der Waals surface area (Å²) >= 11 is 3.40. The molecule has 0 heterocycles. The Kier molecular flexibility index (Phi) is 8.27. The molecule has 0 aromatic rings. The van der Waals surface area contributed by atoms with Crippen molar-refractivity contribution in [2.75, 3.05) is 23.2 Å². The van der Waals surface area contributed by atoms with Gasteiger partial charge in [0.05, 0.1) is 6.61 Å². The average Bonchev–Trinajstić information content (AvgIpc) is 2.01. The molecule has 0 amide bonds. The van der Waals surface area contributed by atoms with Crippen molar-refractivity contribution in [2.45, 2.75) is 13.3 Å². The number of hydrogen-bond donors (Lipinski definition) is 1. The number of thioether (sulfide) groups is 2. The summed E-state index contributed by atoms with van der Waals surface area (Å²) < 4.78 is 32.5. The summed E-state index contributed by atoms with van der Waals surface area (Å²) in [5.74, 6) is 1.70. The summed E-state index contributed by atoms with van der Waals surface area (Å²) in [6, 6.07) is 0. The van der Waals surface area contributed by atoms with Crippen LogP contribution in [-0.4, -0.2) is 36.2 Å². The Morgan fingerprint density at radius 1 is 1.31 bits per heavy atom. The molecular formula is C6H14O4S3. The van der Waals surface area contributed by atoms with Gasteiger partial charge in [-0.3, -0.25) is 4.55 Å². The highest BCUT2D eigenvalue weighted by atomic mass is 32.3. The SMILES string of the molecule is CCCSCSCCOS(=O)(=O)O. The molecule has 0 saturated heterocycles. The maximum atomic E-state index is 10.1. The minimum absolute atomic E-state index is 0.0379. The zero-order chi connectivity index (χ0) is 10.2. The number of rotatable bonds is 8. The molecule has 0 rings (SSSR count). The second kappa shape index (κ2) is 7.93. The van der Waals surface area contributed by atoms with Gasteiger partial charge in [0.1, 0.15) is 0 Å². The first-order valence-electron chi connectivity index (χ1n) is 3.83. The predicted molar refractivity (Wildman–Crippen MR) is 57.6 cm³/mol. The third-order valence-corrected chi connectivity index (χ3v) is 3.93. The van der Waals surface area contributed by atoms with Crippen molar-refractivity contribution < 1.29 is 17.2 Å². The molecule has 0 saturated carbocycles. The Morgan fingerprint density at radius 2 is 1.92 bits per heavy atom. The average molecular weight is 246 g/mol. The van der Waals surface area contributed by atoms with Crippen LogP contribution in [0.25, 0.3) is 0 Å². The second-order valence-corrected chi connectivity index (χ2v) is 5.85. The Balaban J connectivity index is 3.09. The van der Waals surface area contributed by atoms with E-state index in [4.69, 9.17) is 4.55 Å². The van der Waals surface area contributed by atoms with Gasteiger partial charge in [0.15, 0.2) is 0 Å². The largest absolute Gasteiger partial charge is 0.397 e. The molecule has 1 N–H and O–H groups in total. The van der Waals surface area contributed by atoms with Gasteiger partial charge in [0.25, 0.3) is 0 Å². The molecule has 0 aromatic carbocycles. The molecule has 0 unspecified atom stereocenters. The first-order chi connectivity index (χ1) is 6.06. The highest BCUT2D eigenvalue weighted by Gasteiger charge is 2.02. The van der Waals surface area contributed by atoms with Crippen molar-refractivity contribution in [2.24, 2.45) is 0 Å². The van der Waals surface area contributed by atoms with Crippen LogP contribution in [0.1, 0.15) is 13.3 Å². The molecule has 0 aliphatic heterocycles. The zero-order valence-corrected chi connectivity index (χ0v) is 9.88. The molecular weight excluding hydrogens is 232 g/mol. The fourth-order valence-corrected chi connectivity index (χ4v) is 2.82. The van der Waals surface area contributed by atoms with Gasteiger partial charge < -0.3 is 0 Å². The fraction of sp³-hybridized carbons (Fsp3) is 1.00. The Hall–Kier alpha value is 0.570. The van der Waals surface area contributed by atoms with Crippen LogP contribution in [-0.2, 0) is 14.6 Å². The van der Waals surface area contributed by atoms with E-state index in [0.717, 1.165) is 17.3 Å². The minimum atomic E-state index is -4.24. The van der Waals surface area contributed by atoms with Gasteiger partial charge >= 0.3 is 10.4 Å². The quantitative estimate of drug-likeness (QED) is 0.399. The Bertz CT molecular complexity index is 202. The molecule has 13 heavy (non-hydrogen) atoms. The van der Waals surface area contributed by atoms with Crippen LogP contribution in [0.5, 0.6) is 0 Å². The summed E-state index contributed by atoms with van der Waals surface area (Å²) in [5, 5.41) is 0.933. The third-order valence-electron chi connectivity index (χ3n) is 0.975. The van der Waals surface area contributed by atoms with E-state index in [1.165, 1.54) is 0 Å². The van der Waals surface area contributed by atoms with Gasteiger partial charge in [-0.1, -0.05) is 6.92 Å². The summed E-state index contributed by atoms with van der Waals surface area (Å²) in [7, 11) is -4.24. The van der Waals surface area contributed by atoms with Gasteiger partial charge in [-0.15, -0.1) is 11.8 Å². The Morgan fingerprint density at radius 3 is 2.46 bits per heavy atom. The van der Waals surface area contributed by atoms with E-state index in [2.05, 4.69) is 11.1 Å². The predicted octanol–water partition coefficient (Wildman–Crippen LogP) is 1.64. The van der Waals surface area contributed by atoms with Gasteiger partial charge in [-0.2, -0.15) is 20.2 Å². The first-order valence-corrected chi connectivity index (χ1v) is 7.51. The van der Waals surface area contributed by atoms with E-state index in [1.54, 1.807) is 23.5 Å². The summed E-state index contributed by atoms with van der Waals surface area (Å²) in [6.45, 7) is 2.15. The lowest BCUT2D eigenvalue weighted by Crippen LogP contribution is -2.06. The first kappa shape index (κ1) is 13.6. The standard InChI is InChI=1S/C6H14O4S3/c1-2-4-11-6-12-5-3-10-13(7,8)9/h2-6H2,1H3,(H,7,8,9). The van der Waals surface area contributed by atoms with Gasteiger partial charge in [-0.05, 0) is 12.2 Å². The van der Waals surface area contributed by atoms with E-state index in [-0.39, 0.29) is 6.61 Å². The third kappa shape index (κ3) is 12.6. The second-order valence-electron chi connectivity index (χ2n) is 2.18. The monoisotopic (exact) mass is 246 g/mol. The minimum Gasteiger partial charge on any atom is -0.264 e. The summed E-state index contributed by atoms with van der Waals surface area (Å²) in [4.78, 5) is 0. The topological polar surface area (TPSA) is 63.6 Å². The molecule has 0 atom stereocenters. The smallest absolute Gasteiger partial charge is 0.264 e. The molecule has 0 aliphatic carbocycles. The molecule has 4 nitrogen and oxygen atoms in total. The van der Waals surface area contributed by atoms with Gasteiger partial charge in [0, 0.05) is 10.8 Å². The lowest BCUT2D eigenvalue weighted by Gasteiger charge is -2.00. The lowest BCUT2D eigenvalue weighted by molar-refractivity contribution is 0.285. The van der Waals surface area contributed by atoms with Crippen molar-refractivity contribution in [1.29, 1.82) is 0 Å². The van der Waals surface area contributed by atoms with Crippen molar-refractivity contribution in [1.82, 2.24) is 0 Å². The molecule has 80 valence electrons. The molecule has 7 heteroatoms. The van der Waals surface area contributed by atoms with Crippen LogP contribution < -0.4 is 0 Å². The van der Waals surface area contributed by atoms with Crippen LogP contribution in [0, 0.1) is 0 Å². The maximum Gasteiger partial charge on any atom is 0.397 e. The van der Waals surface area contributed by atoms with E-state index >= 15 is 0 Å². The van der Waals surface area contributed by atoms with Crippen molar-refractivity contribution in [3.8, 4) is 0 Å². The highest BCUT2D eigenvalue weighted by Crippen LogP contribution is 2.12. The van der Waals surface area contributed by atoms with E-state index < -0.39 is 10.4 Å². The van der Waals surface area contributed by atoms with Crippen LogP contribution in [0.3, 0.4) is 0 Å². The molecule has 0 radical (unpaired) electrons. The van der Waals surface area contributed by atoms with E-state index in [0.29, 0.717) is 5.75 Å². The van der Waals surface area contributed by atoms with Crippen molar-refractivity contribution in [3.05, 3.63) is 0 Å². The van der Waals surface area contributed by atoms with Crippen LogP contribution in [0.2, 0.25) is 0 Å². The van der Waals surface area contributed by atoms with Gasteiger partial charge in [0.2, 0.25) is 0 Å². The fourth-order valence-electron chi connectivity index (χ4n) is 0.519. The van der Waals surface area contributed by atoms with Gasteiger partial charge in [-0.25, -0.2) is 4.18 Å². The van der Waals surface area contributed by atoms with Crippen LogP contribution >= 0.6 is 23.5 Å².